The van der Waals surface area contributed by atoms with Crippen LogP contribution in [0.3, 0.4) is 0 Å². The van der Waals surface area contributed by atoms with E-state index in [1.165, 1.54) is 32.4 Å². The molecule has 1 aliphatic rings. The van der Waals surface area contributed by atoms with Crippen molar-refractivity contribution in [2.24, 2.45) is 0 Å². The van der Waals surface area contributed by atoms with Gasteiger partial charge in [0.2, 0.25) is 0 Å². The number of nitrogens with one attached hydrogen (secondary N) is 1. The van der Waals surface area contributed by atoms with Gasteiger partial charge in [-0.2, -0.15) is 0 Å². The summed E-state index contributed by atoms with van der Waals surface area (Å²) in [5.41, 5.74) is 0. The Hall–Kier alpha value is 0.372. The fourth-order valence-electron chi connectivity index (χ4n) is 0.802. The van der Waals surface area contributed by atoms with Gasteiger partial charge in [-0.3, -0.25) is 0 Å². The van der Waals surface area contributed by atoms with Crippen LogP contribution in [0.15, 0.2) is 0 Å². The number of piperidine rings is 1. The molecule has 0 unspecified atom stereocenters. The van der Waals surface area contributed by atoms with Gasteiger partial charge in [0, 0.05) is 0 Å². The maximum absolute atomic E-state index is 3.28. The van der Waals surface area contributed by atoms with Crippen LogP contribution < -0.4 is 5.32 Å². The Bertz CT molecular complexity index is 29.1. The molecule has 0 atom stereocenters. The van der Waals surface area contributed by atoms with Crippen LogP contribution in [0.5, 0.6) is 0 Å². The first-order valence-corrected chi connectivity index (χ1v) is 2.71. The molecular weight excluding hydrogens is 143 g/mol. The van der Waals surface area contributed by atoms with Crippen LogP contribution >= 0.6 is 0 Å². The molecule has 1 aliphatic heterocycles. The minimum Gasteiger partial charge on any atom is -0.693 e. The maximum Gasteiger partial charge on any atom is 3.00 e. The zero-order valence-electron chi connectivity index (χ0n) is 6.34. The molecular formula is C5H17AlN4. The average Bonchev–Trinajstić information content (AvgIpc) is 1.72. The molecule has 10 heavy (non-hydrogen) atoms. The largest absolute Gasteiger partial charge is 3.00 e. The predicted molar refractivity (Wildman–Crippen MR) is 48.3 cm³/mol. The van der Waals surface area contributed by atoms with E-state index < -0.39 is 0 Å². The summed E-state index contributed by atoms with van der Waals surface area (Å²) in [5.74, 6) is 0. The van der Waals surface area contributed by atoms with Crippen molar-refractivity contribution in [1.82, 2.24) is 5.32 Å². The molecule has 0 spiro atoms. The van der Waals surface area contributed by atoms with E-state index in [1.54, 1.807) is 0 Å². The van der Waals surface area contributed by atoms with Gasteiger partial charge in [-0.1, -0.05) is 6.42 Å². The van der Waals surface area contributed by atoms with Crippen molar-refractivity contribution in [2.45, 2.75) is 19.3 Å². The quantitative estimate of drug-likeness (QED) is 0.539. The summed E-state index contributed by atoms with van der Waals surface area (Å²) in [7, 11) is 0. The number of hydrogen-bond acceptors (Lipinski definition) is 1. The molecule has 0 radical (unpaired) electrons. The summed E-state index contributed by atoms with van der Waals surface area (Å²) in [6.45, 7) is 2.50. The summed E-state index contributed by atoms with van der Waals surface area (Å²) in [6.07, 6.45) is 4.22. The normalized spacial score (nSPS) is 14.4. The van der Waals surface area contributed by atoms with Crippen molar-refractivity contribution in [3.05, 3.63) is 18.5 Å². The van der Waals surface area contributed by atoms with Gasteiger partial charge in [0.15, 0.2) is 0 Å². The van der Waals surface area contributed by atoms with Crippen LogP contribution in [0.4, 0.5) is 0 Å². The zero-order chi connectivity index (χ0) is 4.24. The number of hydrogen-bond donors (Lipinski definition) is 1. The molecule has 1 heterocycles. The van der Waals surface area contributed by atoms with Gasteiger partial charge in [-0.15, -0.1) is 0 Å². The van der Waals surface area contributed by atoms with E-state index in [4.69, 9.17) is 0 Å². The van der Waals surface area contributed by atoms with E-state index >= 15 is 0 Å². The van der Waals surface area contributed by atoms with Gasteiger partial charge in [0.25, 0.3) is 0 Å². The second-order valence-electron chi connectivity index (χ2n) is 1.81. The van der Waals surface area contributed by atoms with Crippen LogP contribution in [0.25, 0.3) is 18.5 Å². The Kier molecular flexibility index (Phi) is 36.3. The van der Waals surface area contributed by atoms with Crippen LogP contribution in [0.2, 0.25) is 0 Å². The van der Waals surface area contributed by atoms with Gasteiger partial charge in [-0.25, -0.2) is 0 Å². The van der Waals surface area contributed by atoms with Crippen molar-refractivity contribution in [1.29, 1.82) is 0 Å². The third-order valence-corrected chi connectivity index (χ3v) is 1.21. The summed E-state index contributed by atoms with van der Waals surface area (Å²) in [6, 6.07) is 0. The molecule has 1 rings (SSSR count). The zero-order valence-corrected chi connectivity index (χ0v) is 7.50. The molecule has 5 heteroatoms. The molecule has 4 nitrogen and oxygen atoms in total. The summed E-state index contributed by atoms with van der Waals surface area (Å²) in [4.78, 5) is 0. The smallest absolute Gasteiger partial charge is 0.693 e. The van der Waals surface area contributed by atoms with Gasteiger partial charge in [-0.05, 0) is 25.9 Å². The van der Waals surface area contributed by atoms with E-state index in [0.29, 0.717) is 0 Å². The third-order valence-electron chi connectivity index (χ3n) is 1.21. The second kappa shape index (κ2) is 16.2. The molecule has 1 saturated heterocycles. The van der Waals surface area contributed by atoms with Crippen molar-refractivity contribution >= 4 is 17.4 Å². The van der Waals surface area contributed by atoms with Gasteiger partial charge < -0.3 is 23.8 Å². The number of nitrogens with two attached hydrogens (primary N) is 3. The monoisotopic (exact) mass is 160 g/mol. The molecule has 0 aromatic heterocycles. The topological polar surface area (TPSA) is 113 Å². The summed E-state index contributed by atoms with van der Waals surface area (Å²) in [5, 5.41) is 3.28. The van der Waals surface area contributed by atoms with E-state index in [9.17, 15) is 0 Å². The van der Waals surface area contributed by atoms with Crippen molar-refractivity contribution in [2.75, 3.05) is 13.1 Å². The Morgan fingerprint density at radius 1 is 0.700 bits per heavy atom. The van der Waals surface area contributed by atoms with E-state index in [-0.39, 0.29) is 35.8 Å². The molecule has 60 valence electrons. The Labute approximate surface area is 74.0 Å². The Morgan fingerprint density at radius 2 is 1.10 bits per heavy atom. The first kappa shape index (κ1) is 22.4. The minimum absolute atomic E-state index is 0. The third kappa shape index (κ3) is 11.2. The first-order chi connectivity index (χ1) is 3.00. The Balaban J connectivity index is -0.0000000450. The van der Waals surface area contributed by atoms with Crippen LogP contribution in [-0.2, 0) is 0 Å². The minimum atomic E-state index is 0. The average molecular weight is 160 g/mol. The van der Waals surface area contributed by atoms with Crippen LogP contribution in [0.1, 0.15) is 19.3 Å². The molecule has 7 N–H and O–H groups in total. The number of rotatable bonds is 0. The van der Waals surface area contributed by atoms with Gasteiger partial charge in [0.05, 0.1) is 0 Å². The standard InChI is InChI=1S/C5H11N.Al.3H2N/c1-2-4-6-5-3-1;;;;/h6H,1-5H2;;3*1H2/q;+3;3*-1. The molecule has 0 aromatic rings. The SMILES string of the molecule is C1CCNCC1.[Al+3].[NH2-].[NH2-].[NH2-]. The van der Waals surface area contributed by atoms with Gasteiger partial charge in [0.1, 0.15) is 0 Å². The fraction of sp³-hybridized carbons (Fsp3) is 1.00. The van der Waals surface area contributed by atoms with E-state index in [1.807, 2.05) is 0 Å². The molecule has 0 amide bonds. The predicted octanol–water partition coefficient (Wildman–Crippen LogP) is 2.53. The van der Waals surface area contributed by atoms with Crippen LogP contribution in [0, 0.1) is 0 Å². The van der Waals surface area contributed by atoms with E-state index in [2.05, 4.69) is 5.32 Å². The van der Waals surface area contributed by atoms with Crippen LogP contribution in [-0.4, -0.2) is 30.5 Å². The van der Waals surface area contributed by atoms with Crippen molar-refractivity contribution < 1.29 is 0 Å². The molecule has 0 saturated carbocycles. The second-order valence-corrected chi connectivity index (χ2v) is 1.81. The molecule has 0 bridgehead atoms. The van der Waals surface area contributed by atoms with Crippen molar-refractivity contribution in [3.63, 3.8) is 0 Å². The van der Waals surface area contributed by atoms with Crippen molar-refractivity contribution in [3.8, 4) is 0 Å². The fourth-order valence-corrected chi connectivity index (χ4v) is 0.802. The molecule has 1 fully saturated rings. The molecule has 0 aromatic carbocycles. The summed E-state index contributed by atoms with van der Waals surface area (Å²) >= 11 is 0. The van der Waals surface area contributed by atoms with Gasteiger partial charge >= 0.3 is 17.4 Å². The Morgan fingerprint density at radius 3 is 1.20 bits per heavy atom. The van der Waals surface area contributed by atoms with E-state index in [0.717, 1.165) is 0 Å². The molecule has 0 aliphatic carbocycles. The first-order valence-electron chi connectivity index (χ1n) is 2.71. The maximum atomic E-state index is 3.28. The summed E-state index contributed by atoms with van der Waals surface area (Å²) < 4.78 is 0.